The molecule has 0 amide bonds. The first-order valence-corrected chi connectivity index (χ1v) is 8.37. The summed E-state index contributed by atoms with van der Waals surface area (Å²) in [6.07, 6.45) is 0.717. The van der Waals surface area contributed by atoms with E-state index in [1.54, 1.807) is 11.7 Å². The minimum absolute atomic E-state index is 0.0300. The van der Waals surface area contributed by atoms with Crippen LogP contribution in [0.15, 0.2) is 53.3 Å². The molecule has 1 aromatic heterocycles. The number of aromatic nitrogens is 2. The first-order valence-electron chi connectivity index (χ1n) is 8.37. The molecule has 1 heterocycles. The third kappa shape index (κ3) is 3.56. The van der Waals surface area contributed by atoms with Crippen molar-refractivity contribution in [3.63, 3.8) is 0 Å². The van der Waals surface area contributed by atoms with E-state index >= 15 is 0 Å². The van der Waals surface area contributed by atoms with E-state index in [9.17, 15) is 4.79 Å². The van der Waals surface area contributed by atoms with Gasteiger partial charge in [0.2, 0.25) is 0 Å². The molecule has 25 heavy (non-hydrogen) atoms. The average molecular weight is 337 g/mol. The molecule has 0 radical (unpaired) electrons. The zero-order chi connectivity index (χ0) is 17.8. The lowest BCUT2D eigenvalue weighted by atomic mass is 10.1. The van der Waals surface area contributed by atoms with Crippen LogP contribution in [0.25, 0.3) is 10.9 Å². The average Bonchev–Trinajstić information content (AvgIpc) is 2.62. The number of nitrogens with zero attached hydrogens (tertiary/aromatic N) is 2. The molecule has 130 valence electrons. The molecule has 5 nitrogen and oxygen atoms in total. The van der Waals surface area contributed by atoms with E-state index in [4.69, 9.17) is 4.74 Å². The largest absolute Gasteiger partial charge is 0.388 e. The molecule has 1 atom stereocenters. The van der Waals surface area contributed by atoms with E-state index in [0.717, 1.165) is 5.69 Å². The van der Waals surface area contributed by atoms with Crippen LogP contribution in [0, 0.1) is 6.92 Å². The molecule has 2 aromatic carbocycles. The lowest BCUT2D eigenvalue weighted by molar-refractivity contribution is 0.152. The molecule has 0 spiro atoms. The fourth-order valence-electron chi connectivity index (χ4n) is 3.20. The molecule has 0 aliphatic heterocycles. The summed E-state index contributed by atoms with van der Waals surface area (Å²) in [5.41, 5.74) is 2.75. The molecule has 0 unspecified atom stereocenters. The number of nitrogens with one attached hydrogen (secondary N) is 1. The van der Waals surface area contributed by atoms with Crippen LogP contribution < -0.4 is 10.9 Å². The molecule has 0 saturated carbocycles. The Labute approximate surface area is 147 Å². The van der Waals surface area contributed by atoms with Crippen molar-refractivity contribution in [2.45, 2.75) is 19.4 Å². The molecular formula is C20H23N3O2. The lowest BCUT2D eigenvalue weighted by Gasteiger charge is -2.22. The van der Waals surface area contributed by atoms with Crippen molar-refractivity contribution in [1.82, 2.24) is 9.55 Å². The molecule has 0 aliphatic rings. The second kappa shape index (κ2) is 7.49. The number of fused-ring (bicyclic) bond motifs is 1. The van der Waals surface area contributed by atoms with Gasteiger partial charge in [-0.25, -0.2) is 4.98 Å². The predicted molar refractivity (Wildman–Crippen MR) is 101 cm³/mol. The quantitative estimate of drug-likeness (QED) is 0.750. The minimum Gasteiger partial charge on any atom is -0.388 e. The van der Waals surface area contributed by atoms with Gasteiger partial charge in [0.1, 0.15) is 5.82 Å². The monoisotopic (exact) mass is 337 g/mol. The summed E-state index contributed by atoms with van der Waals surface area (Å²) in [6, 6.07) is 15.7. The molecule has 0 aliphatic carbocycles. The fourth-order valence-corrected chi connectivity index (χ4v) is 3.20. The number of hydrogen-bond donors (Lipinski definition) is 1. The maximum absolute atomic E-state index is 13.2. The van der Waals surface area contributed by atoms with E-state index in [1.807, 2.05) is 50.4 Å². The molecule has 3 aromatic rings. The van der Waals surface area contributed by atoms with Crippen molar-refractivity contribution in [3.8, 4) is 0 Å². The Bertz CT molecular complexity index is 919. The Balaban J connectivity index is 2.11. The van der Waals surface area contributed by atoms with Gasteiger partial charge >= 0.3 is 0 Å². The minimum atomic E-state index is -0.102. The molecule has 0 fully saturated rings. The van der Waals surface area contributed by atoms with Gasteiger partial charge in [0.05, 0.1) is 23.6 Å². The maximum Gasteiger partial charge on any atom is 0.261 e. The second-order valence-corrected chi connectivity index (χ2v) is 6.11. The van der Waals surface area contributed by atoms with Crippen molar-refractivity contribution < 1.29 is 4.74 Å². The number of rotatable bonds is 6. The smallest absolute Gasteiger partial charge is 0.261 e. The van der Waals surface area contributed by atoms with Crippen molar-refractivity contribution in [2.75, 3.05) is 26.1 Å². The molecular weight excluding hydrogens is 314 g/mol. The van der Waals surface area contributed by atoms with Crippen molar-refractivity contribution in [3.05, 3.63) is 70.3 Å². The van der Waals surface area contributed by atoms with Gasteiger partial charge in [0.15, 0.2) is 0 Å². The van der Waals surface area contributed by atoms with E-state index < -0.39 is 0 Å². The van der Waals surface area contributed by atoms with Crippen molar-refractivity contribution in [1.29, 1.82) is 0 Å². The van der Waals surface area contributed by atoms with E-state index in [1.165, 1.54) is 5.56 Å². The zero-order valence-corrected chi connectivity index (χ0v) is 14.8. The van der Waals surface area contributed by atoms with E-state index in [-0.39, 0.29) is 11.6 Å². The standard InChI is InChI=1S/C20H23N3O2/c1-14-22-19-10-9-16(21-2)12-18(19)20(24)23(14)17(13-25-3)11-15-7-5-4-6-8-15/h4-10,12,17,21H,11,13H2,1-3H3/t17-/m0/s1. The zero-order valence-electron chi connectivity index (χ0n) is 14.8. The van der Waals surface area contributed by atoms with Gasteiger partial charge in [-0.15, -0.1) is 0 Å². The fraction of sp³-hybridized carbons (Fsp3) is 0.300. The summed E-state index contributed by atoms with van der Waals surface area (Å²) < 4.78 is 7.16. The van der Waals surface area contributed by atoms with Gasteiger partial charge in [0.25, 0.3) is 5.56 Å². The third-order valence-electron chi connectivity index (χ3n) is 4.40. The SMILES string of the molecule is CNc1ccc2nc(C)n([C@H](COC)Cc3ccccc3)c(=O)c2c1. The third-order valence-corrected chi connectivity index (χ3v) is 4.40. The maximum atomic E-state index is 13.2. The van der Waals surface area contributed by atoms with Crippen molar-refractivity contribution in [2.24, 2.45) is 0 Å². The van der Waals surface area contributed by atoms with Crippen LogP contribution in [0.1, 0.15) is 17.4 Å². The van der Waals surface area contributed by atoms with Crippen molar-refractivity contribution >= 4 is 16.6 Å². The van der Waals surface area contributed by atoms with E-state index in [2.05, 4.69) is 22.4 Å². The molecule has 0 saturated heterocycles. The predicted octanol–water partition coefficient (Wildman–Crippen LogP) is 3.18. The first kappa shape index (κ1) is 17.2. The first-order chi connectivity index (χ1) is 12.1. The number of anilines is 1. The van der Waals surface area contributed by atoms with Crippen LogP contribution in [0.2, 0.25) is 0 Å². The highest BCUT2D eigenvalue weighted by Gasteiger charge is 2.18. The van der Waals surface area contributed by atoms with Crippen LogP contribution in [0.4, 0.5) is 5.69 Å². The van der Waals surface area contributed by atoms with Gasteiger partial charge < -0.3 is 10.1 Å². The number of ether oxygens (including phenoxy) is 1. The number of hydrogen-bond acceptors (Lipinski definition) is 4. The molecule has 3 rings (SSSR count). The summed E-state index contributed by atoms with van der Waals surface area (Å²) >= 11 is 0. The Kier molecular flexibility index (Phi) is 5.14. The number of aryl methyl sites for hydroxylation is 1. The number of methoxy groups -OCH3 is 1. The van der Waals surface area contributed by atoms with Gasteiger partial charge in [-0.1, -0.05) is 30.3 Å². The Morgan fingerprint density at radius 3 is 2.64 bits per heavy atom. The Morgan fingerprint density at radius 2 is 1.96 bits per heavy atom. The Morgan fingerprint density at radius 1 is 1.20 bits per heavy atom. The van der Waals surface area contributed by atoms with Gasteiger partial charge in [-0.05, 0) is 37.1 Å². The summed E-state index contributed by atoms with van der Waals surface area (Å²) in [7, 11) is 3.50. The summed E-state index contributed by atoms with van der Waals surface area (Å²) in [6.45, 7) is 2.33. The normalized spacial score (nSPS) is 12.3. The highest BCUT2D eigenvalue weighted by molar-refractivity contribution is 5.81. The van der Waals surface area contributed by atoms with Gasteiger partial charge in [0, 0.05) is 19.8 Å². The highest BCUT2D eigenvalue weighted by Crippen LogP contribution is 2.19. The van der Waals surface area contributed by atoms with Crippen LogP contribution in [-0.2, 0) is 11.2 Å². The molecule has 1 N–H and O–H groups in total. The molecule has 5 heteroatoms. The van der Waals surface area contributed by atoms with Crippen LogP contribution in [0.3, 0.4) is 0 Å². The number of benzene rings is 2. The molecule has 0 bridgehead atoms. The highest BCUT2D eigenvalue weighted by atomic mass is 16.5. The lowest BCUT2D eigenvalue weighted by Crippen LogP contribution is -2.31. The van der Waals surface area contributed by atoms with Crippen LogP contribution >= 0.6 is 0 Å². The summed E-state index contributed by atoms with van der Waals surface area (Å²) in [5.74, 6) is 0.702. The second-order valence-electron chi connectivity index (χ2n) is 6.11. The van der Waals surface area contributed by atoms with Gasteiger partial charge in [-0.3, -0.25) is 9.36 Å². The summed E-state index contributed by atoms with van der Waals surface area (Å²) in [5, 5.41) is 3.69. The Hall–Kier alpha value is -2.66. The summed E-state index contributed by atoms with van der Waals surface area (Å²) in [4.78, 5) is 17.8. The van der Waals surface area contributed by atoms with E-state index in [0.29, 0.717) is 29.8 Å². The van der Waals surface area contributed by atoms with Crippen LogP contribution in [0.5, 0.6) is 0 Å². The van der Waals surface area contributed by atoms with Gasteiger partial charge in [-0.2, -0.15) is 0 Å². The van der Waals surface area contributed by atoms with Crippen LogP contribution in [-0.4, -0.2) is 30.3 Å². The topological polar surface area (TPSA) is 56.1 Å².